The largest absolute Gasteiger partial charge is 3.00 e. The van der Waals surface area contributed by atoms with Gasteiger partial charge < -0.3 is 25.5 Å². The molecule has 39 heavy (non-hydrogen) atoms. The minimum absolute atomic E-state index is 0. The Morgan fingerprint density at radius 3 is 1.56 bits per heavy atom. The fourth-order valence-electron chi connectivity index (χ4n) is 3.65. The smallest absolute Gasteiger partial charge is 0.507 e. The van der Waals surface area contributed by atoms with Gasteiger partial charge in [0.15, 0.2) is 5.78 Å². The Balaban J connectivity index is 0.00000760. The van der Waals surface area contributed by atoms with Crippen LogP contribution < -0.4 is 0 Å². The number of rotatable bonds is 15. The number of phenols is 1. The van der Waals surface area contributed by atoms with Crippen LogP contribution >= 0.6 is 12.2 Å². The summed E-state index contributed by atoms with van der Waals surface area (Å²) in [5, 5.41) is 49.7. The van der Waals surface area contributed by atoms with Crippen LogP contribution in [0.4, 0.5) is 5.69 Å². The number of isothiocyanates is 1. The van der Waals surface area contributed by atoms with E-state index in [0.717, 1.165) is 9.80 Å². The molecule has 0 spiro atoms. The summed E-state index contributed by atoms with van der Waals surface area (Å²) in [7, 11) is 0. The van der Waals surface area contributed by atoms with Crippen molar-refractivity contribution in [2.75, 3.05) is 26.2 Å². The fraction of sp³-hybridized carbons (Fsp3) is 0.250. The Bertz CT molecular complexity index is 1220. The fourth-order valence-corrected chi connectivity index (χ4v) is 3.76. The average Bonchev–Trinajstić information content (AvgIpc) is 2.79. The van der Waals surface area contributed by atoms with Crippen molar-refractivity contribution in [3.05, 3.63) is 58.7 Å². The molecule has 2 aromatic carbocycles. The quantitative estimate of drug-likeness (QED) is 0.101. The van der Waals surface area contributed by atoms with Crippen molar-refractivity contribution in [2.24, 2.45) is 4.99 Å². The second-order valence-corrected chi connectivity index (χ2v) is 8.27. The molecule has 2 rings (SSSR count). The summed E-state index contributed by atoms with van der Waals surface area (Å²) < 4.78 is 0. The van der Waals surface area contributed by atoms with E-state index in [4.69, 9.17) is 20.4 Å². The number of carbonyl (C=O) groups excluding carboxylic acids is 1. The van der Waals surface area contributed by atoms with E-state index in [1.54, 1.807) is 12.1 Å². The van der Waals surface area contributed by atoms with E-state index in [-0.39, 0.29) is 60.9 Å². The van der Waals surface area contributed by atoms with Crippen LogP contribution in [-0.4, -0.2) is 96.3 Å². The summed E-state index contributed by atoms with van der Waals surface area (Å²) in [6, 6.07) is 8.55. The van der Waals surface area contributed by atoms with Gasteiger partial charge in [0.2, 0.25) is 0 Å². The number of aromatic hydroxyl groups is 1. The Morgan fingerprint density at radius 1 is 0.744 bits per heavy atom. The van der Waals surface area contributed by atoms with Gasteiger partial charge in [0, 0.05) is 35.3 Å². The predicted molar refractivity (Wildman–Crippen MR) is 134 cm³/mol. The topological polar surface area (TPSA) is 205 Å². The minimum Gasteiger partial charge on any atom is -0.507 e. The number of nitrogens with zero attached hydrogens (tertiary/aromatic N) is 3. The molecule has 0 saturated heterocycles. The van der Waals surface area contributed by atoms with E-state index in [1.807, 2.05) is 0 Å². The summed E-state index contributed by atoms with van der Waals surface area (Å²) in [5.41, 5.74) is 0.458. The van der Waals surface area contributed by atoms with Crippen molar-refractivity contribution in [3.8, 4) is 5.75 Å². The molecular weight excluding hydrogens is 681 g/mol. The second-order valence-electron chi connectivity index (χ2n) is 8.09. The first kappa shape index (κ1) is 33.8. The SMILES string of the molecule is O=C(O)CN(CC(=O)O)Cc1cc(C(=O)c2cccc(N=C=S)c2)cc(CN(CC(=O)O)CC(=O)O)c1O.[Tb+3]. The molecule has 15 heteroatoms. The van der Waals surface area contributed by atoms with Crippen LogP contribution in [-0.2, 0) is 32.3 Å². The van der Waals surface area contributed by atoms with Crippen molar-refractivity contribution >= 4 is 52.7 Å². The van der Waals surface area contributed by atoms with Crippen molar-refractivity contribution in [2.45, 2.75) is 13.1 Å². The van der Waals surface area contributed by atoms with E-state index < -0.39 is 74.7 Å². The summed E-state index contributed by atoms with van der Waals surface area (Å²) >= 11 is 4.58. The van der Waals surface area contributed by atoms with E-state index >= 15 is 0 Å². The second kappa shape index (κ2) is 16.0. The molecule has 0 fully saturated rings. The van der Waals surface area contributed by atoms with Gasteiger partial charge in [0.05, 0.1) is 37.0 Å². The number of thiocarbonyl (C=S) groups is 1. The average molecular weight is 704 g/mol. The molecule has 0 amide bonds. The van der Waals surface area contributed by atoms with Gasteiger partial charge in [0.25, 0.3) is 0 Å². The minimum atomic E-state index is -1.33. The van der Waals surface area contributed by atoms with Gasteiger partial charge in [0.1, 0.15) is 5.75 Å². The van der Waals surface area contributed by atoms with Crippen LogP contribution in [0, 0.1) is 38.6 Å². The van der Waals surface area contributed by atoms with Crippen LogP contribution in [0.1, 0.15) is 27.0 Å². The van der Waals surface area contributed by atoms with Gasteiger partial charge in [-0.1, -0.05) is 12.1 Å². The summed E-state index contributed by atoms with van der Waals surface area (Å²) in [4.78, 5) is 64.1. The third-order valence-corrected chi connectivity index (χ3v) is 5.13. The molecule has 0 unspecified atom stereocenters. The number of ketones is 1. The normalized spacial score (nSPS) is 10.4. The molecule has 0 aliphatic heterocycles. The zero-order valence-electron chi connectivity index (χ0n) is 20.1. The molecule has 13 nitrogen and oxygen atoms in total. The molecular formula is C24H23N3O10STb+3. The van der Waals surface area contributed by atoms with Crippen LogP contribution in [0.3, 0.4) is 0 Å². The predicted octanol–water partition coefficient (Wildman–Crippen LogP) is 1.30. The Morgan fingerprint density at radius 2 is 1.18 bits per heavy atom. The van der Waals surface area contributed by atoms with E-state index in [1.165, 1.54) is 24.3 Å². The standard InChI is InChI=1S/C24H23N3O10S.Tb/c28-19(29)9-26(10-20(30)31)7-16-4-15(23(36)14-2-1-3-18(6-14)25-13-38)5-17(24(16)37)8-27(11-21(32)33)12-22(34)35;/h1-6,37H,7-12H2,(H,28,29)(H,30,31)(H,32,33)(H,34,35);/q;+3. The molecule has 2 aromatic rings. The van der Waals surface area contributed by atoms with Crippen LogP contribution in [0.2, 0.25) is 0 Å². The number of benzene rings is 2. The van der Waals surface area contributed by atoms with Gasteiger partial charge in [-0.2, -0.15) is 4.99 Å². The van der Waals surface area contributed by atoms with E-state index in [9.17, 15) is 29.1 Å². The molecule has 0 aliphatic rings. The molecule has 5 N–H and O–H groups in total. The number of carboxylic acid groups (broad SMARTS) is 4. The zero-order valence-corrected chi connectivity index (χ0v) is 23.0. The van der Waals surface area contributed by atoms with Gasteiger partial charge in [-0.15, -0.1) is 0 Å². The van der Waals surface area contributed by atoms with Gasteiger partial charge in [-0.25, -0.2) is 0 Å². The Kier molecular flexibility index (Phi) is 13.9. The number of hydrogen-bond acceptors (Lipinski definition) is 10. The third-order valence-electron chi connectivity index (χ3n) is 5.04. The molecule has 0 aromatic heterocycles. The summed E-state index contributed by atoms with van der Waals surface area (Å²) in [6.45, 7) is -3.57. The maximum Gasteiger partial charge on any atom is 3.00 e. The van der Waals surface area contributed by atoms with E-state index in [2.05, 4.69) is 22.4 Å². The number of phenolic OH excluding ortho intramolecular Hbond substituents is 1. The van der Waals surface area contributed by atoms with Crippen molar-refractivity contribution < 1.29 is 88.1 Å². The van der Waals surface area contributed by atoms with Gasteiger partial charge in [-0.3, -0.25) is 33.8 Å². The monoisotopic (exact) mass is 704 g/mol. The first-order chi connectivity index (χ1) is 17.9. The molecule has 0 bridgehead atoms. The third kappa shape index (κ3) is 11.2. The van der Waals surface area contributed by atoms with Gasteiger partial charge in [-0.05, 0) is 36.5 Å². The maximum absolute atomic E-state index is 13.3. The van der Waals surface area contributed by atoms with Gasteiger partial charge >= 0.3 is 62.5 Å². The first-order valence-electron chi connectivity index (χ1n) is 10.8. The molecule has 0 saturated carbocycles. The molecule has 0 aliphatic carbocycles. The van der Waals surface area contributed by atoms with Crippen LogP contribution in [0.5, 0.6) is 5.75 Å². The number of hydrogen-bond donors (Lipinski definition) is 5. The zero-order chi connectivity index (χ0) is 28.4. The van der Waals surface area contributed by atoms with Crippen LogP contribution in [0.25, 0.3) is 0 Å². The summed E-state index contributed by atoms with van der Waals surface area (Å²) in [6.07, 6.45) is 0. The number of aliphatic carboxylic acids is 4. The first-order valence-corrected chi connectivity index (χ1v) is 11.2. The Labute approximate surface area is 257 Å². The number of carboxylic acids is 4. The van der Waals surface area contributed by atoms with Crippen molar-refractivity contribution in [1.82, 2.24) is 9.80 Å². The number of carbonyl (C=O) groups is 5. The van der Waals surface area contributed by atoms with Crippen molar-refractivity contribution in [3.63, 3.8) is 0 Å². The molecule has 0 atom stereocenters. The Hall–Kier alpha value is -3.20. The molecule has 0 radical (unpaired) electrons. The maximum atomic E-state index is 13.3. The summed E-state index contributed by atoms with van der Waals surface area (Å²) in [5.74, 6) is -6.35. The van der Waals surface area contributed by atoms with Crippen LogP contribution in [0.15, 0.2) is 41.4 Å². The van der Waals surface area contributed by atoms with E-state index in [0.29, 0.717) is 5.69 Å². The molecule has 206 valence electrons. The molecule has 0 heterocycles. The van der Waals surface area contributed by atoms with Crippen molar-refractivity contribution in [1.29, 1.82) is 0 Å². The number of aliphatic imine (C=N–C) groups is 1.